The van der Waals surface area contributed by atoms with Crippen molar-refractivity contribution in [3.63, 3.8) is 0 Å². The summed E-state index contributed by atoms with van der Waals surface area (Å²) in [7, 11) is 0. The average Bonchev–Trinajstić information content (AvgIpc) is 2.83. The predicted octanol–water partition coefficient (Wildman–Crippen LogP) is 1.34. The van der Waals surface area contributed by atoms with E-state index in [4.69, 9.17) is 5.73 Å². The molecule has 0 unspecified atom stereocenters. The van der Waals surface area contributed by atoms with Crippen LogP contribution in [0.5, 0.6) is 0 Å². The highest BCUT2D eigenvalue weighted by molar-refractivity contribution is 9.10. The number of aromatic nitrogens is 5. The molecule has 1 aliphatic rings. The number of nitrogens with zero attached hydrogens (tertiary/aromatic N) is 5. The standard InChI is InChI=1S/C7H7BrN6S/c8-5-11-6(9)12-14(5)7-10-4(13-15-7)3-1-2-3/h3H,1-2H2,(H2,9,12). The van der Waals surface area contributed by atoms with E-state index in [1.54, 1.807) is 4.68 Å². The van der Waals surface area contributed by atoms with Gasteiger partial charge in [-0.2, -0.15) is 14.0 Å². The zero-order chi connectivity index (χ0) is 10.4. The predicted molar refractivity (Wildman–Crippen MR) is 58.9 cm³/mol. The molecule has 0 atom stereocenters. The maximum absolute atomic E-state index is 5.48. The zero-order valence-electron chi connectivity index (χ0n) is 7.59. The monoisotopic (exact) mass is 286 g/mol. The van der Waals surface area contributed by atoms with Gasteiger partial charge >= 0.3 is 0 Å². The Morgan fingerprint density at radius 1 is 1.40 bits per heavy atom. The Kier molecular flexibility index (Phi) is 1.99. The fourth-order valence-electron chi connectivity index (χ4n) is 1.25. The van der Waals surface area contributed by atoms with Crippen LogP contribution in [0.25, 0.3) is 5.13 Å². The van der Waals surface area contributed by atoms with Gasteiger partial charge in [-0.15, -0.1) is 5.10 Å². The lowest BCUT2D eigenvalue weighted by molar-refractivity contribution is 0.835. The van der Waals surface area contributed by atoms with Crippen molar-refractivity contribution in [3.8, 4) is 5.13 Å². The summed E-state index contributed by atoms with van der Waals surface area (Å²) in [6, 6.07) is 0. The van der Waals surface area contributed by atoms with Gasteiger partial charge in [0.05, 0.1) is 0 Å². The van der Waals surface area contributed by atoms with Crippen LogP contribution >= 0.6 is 27.5 Å². The van der Waals surface area contributed by atoms with Gasteiger partial charge in [-0.05, 0) is 28.8 Å². The molecule has 0 bridgehead atoms. The molecular weight excluding hydrogens is 280 g/mol. The maximum Gasteiger partial charge on any atom is 0.241 e. The quantitative estimate of drug-likeness (QED) is 0.901. The Morgan fingerprint density at radius 2 is 2.20 bits per heavy atom. The van der Waals surface area contributed by atoms with E-state index in [9.17, 15) is 0 Å². The fourth-order valence-corrected chi connectivity index (χ4v) is 2.50. The van der Waals surface area contributed by atoms with Gasteiger partial charge in [0, 0.05) is 17.5 Å². The molecule has 8 heteroatoms. The largest absolute Gasteiger partial charge is 0.366 e. The van der Waals surface area contributed by atoms with Crippen LogP contribution in [-0.2, 0) is 0 Å². The molecule has 15 heavy (non-hydrogen) atoms. The van der Waals surface area contributed by atoms with Crippen LogP contribution in [0.15, 0.2) is 4.73 Å². The molecular formula is C7H7BrN6S. The topological polar surface area (TPSA) is 82.5 Å². The highest BCUT2D eigenvalue weighted by atomic mass is 79.9. The first-order valence-electron chi connectivity index (χ1n) is 4.46. The molecule has 78 valence electrons. The Hall–Kier alpha value is -1.02. The highest BCUT2D eigenvalue weighted by Crippen LogP contribution is 2.39. The zero-order valence-corrected chi connectivity index (χ0v) is 9.99. The summed E-state index contributed by atoms with van der Waals surface area (Å²) in [5.41, 5.74) is 5.48. The smallest absolute Gasteiger partial charge is 0.241 e. The molecule has 0 amide bonds. The molecule has 1 saturated carbocycles. The summed E-state index contributed by atoms with van der Waals surface area (Å²) in [6.45, 7) is 0. The third-order valence-electron chi connectivity index (χ3n) is 2.14. The van der Waals surface area contributed by atoms with Crippen molar-refractivity contribution in [2.45, 2.75) is 18.8 Å². The van der Waals surface area contributed by atoms with E-state index in [-0.39, 0.29) is 5.95 Å². The molecule has 0 aliphatic heterocycles. The Morgan fingerprint density at radius 3 is 2.80 bits per heavy atom. The van der Waals surface area contributed by atoms with Crippen molar-refractivity contribution in [2.24, 2.45) is 0 Å². The van der Waals surface area contributed by atoms with Crippen LogP contribution in [0, 0.1) is 0 Å². The van der Waals surface area contributed by atoms with Crippen LogP contribution in [0.1, 0.15) is 24.6 Å². The van der Waals surface area contributed by atoms with E-state index in [0.29, 0.717) is 15.8 Å². The molecule has 0 aromatic carbocycles. The van der Waals surface area contributed by atoms with Crippen molar-refractivity contribution < 1.29 is 0 Å². The first-order chi connectivity index (χ1) is 7.24. The number of hydrogen-bond acceptors (Lipinski definition) is 6. The van der Waals surface area contributed by atoms with Crippen LogP contribution in [0.2, 0.25) is 0 Å². The van der Waals surface area contributed by atoms with Crippen molar-refractivity contribution in [1.29, 1.82) is 0 Å². The Bertz CT molecular complexity index is 501. The second-order valence-electron chi connectivity index (χ2n) is 3.36. The van der Waals surface area contributed by atoms with Crippen LogP contribution in [-0.4, -0.2) is 24.1 Å². The number of halogens is 1. The lowest BCUT2D eigenvalue weighted by Crippen LogP contribution is -1.97. The van der Waals surface area contributed by atoms with Gasteiger partial charge in [0.2, 0.25) is 15.8 Å². The van der Waals surface area contributed by atoms with Crippen molar-refractivity contribution >= 4 is 33.4 Å². The van der Waals surface area contributed by atoms with Crippen LogP contribution in [0.3, 0.4) is 0 Å². The van der Waals surface area contributed by atoms with Crippen molar-refractivity contribution in [1.82, 2.24) is 24.1 Å². The maximum atomic E-state index is 5.48. The molecule has 0 spiro atoms. The molecule has 1 fully saturated rings. The molecule has 0 saturated heterocycles. The minimum Gasteiger partial charge on any atom is -0.366 e. The minimum absolute atomic E-state index is 0.227. The van der Waals surface area contributed by atoms with E-state index in [1.807, 2.05) is 0 Å². The molecule has 2 aromatic rings. The summed E-state index contributed by atoms with van der Waals surface area (Å²) in [5, 5.41) is 4.72. The molecule has 2 N–H and O–H groups in total. The Labute approximate surface area is 97.8 Å². The summed E-state index contributed by atoms with van der Waals surface area (Å²) in [6.07, 6.45) is 2.38. The van der Waals surface area contributed by atoms with Gasteiger partial charge in [-0.1, -0.05) is 0 Å². The van der Waals surface area contributed by atoms with E-state index in [2.05, 4.69) is 35.4 Å². The summed E-state index contributed by atoms with van der Waals surface area (Å²) in [4.78, 5) is 8.34. The summed E-state index contributed by atoms with van der Waals surface area (Å²) >= 11 is 4.58. The normalized spacial score (nSPS) is 15.8. The van der Waals surface area contributed by atoms with Gasteiger partial charge in [0.1, 0.15) is 5.82 Å². The van der Waals surface area contributed by atoms with Gasteiger partial charge in [-0.3, -0.25) is 0 Å². The molecule has 2 heterocycles. The first-order valence-corrected chi connectivity index (χ1v) is 6.02. The van der Waals surface area contributed by atoms with E-state index in [0.717, 1.165) is 5.82 Å². The van der Waals surface area contributed by atoms with E-state index >= 15 is 0 Å². The Balaban J connectivity index is 2.00. The molecule has 1 aliphatic carbocycles. The van der Waals surface area contributed by atoms with Gasteiger partial charge < -0.3 is 5.73 Å². The number of hydrogen-bond donors (Lipinski definition) is 1. The van der Waals surface area contributed by atoms with E-state index < -0.39 is 0 Å². The lowest BCUT2D eigenvalue weighted by Gasteiger charge is -1.92. The van der Waals surface area contributed by atoms with Gasteiger partial charge in [0.25, 0.3) is 0 Å². The fraction of sp³-hybridized carbons (Fsp3) is 0.429. The average molecular weight is 287 g/mol. The molecule has 6 nitrogen and oxygen atoms in total. The van der Waals surface area contributed by atoms with Gasteiger partial charge in [-0.25, -0.2) is 4.98 Å². The first kappa shape index (κ1) is 9.22. The number of rotatable bonds is 2. The second-order valence-corrected chi connectivity index (χ2v) is 4.80. The highest BCUT2D eigenvalue weighted by Gasteiger charge is 2.28. The van der Waals surface area contributed by atoms with Crippen LogP contribution in [0.4, 0.5) is 5.95 Å². The summed E-state index contributed by atoms with van der Waals surface area (Å²) < 4.78 is 6.39. The molecule has 2 aromatic heterocycles. The van der Waals surface area contributed by atoms with Gasteiger partial charge in [0.15, 0.2) is 0 Å². The third kappa shape index (κ3) is 1.63. The second kappa shape index (κ2) is 3.24. The number of nitrogen functional groups attached to an aromatic ring is 1. The third-order valence-corrected chi connectivity index (χ3v) is 3.36. The number of nitrogens with two attached hydrogens (primary N) is 1. The lowest BCUT2D eigenvalue weighted by atomic mass is 10.4. The molecule has 0 radical (unpaired) electrons. The summed E-state index contributed by atoms with van der Waals surface area (Å²) in [5.74, 6) is 1.69. The van der Waals surface area contributed by atoms with Crippen molar-refractivity contribution in [2.75, 3.05) is 5.73 Å². The minimum atomic E-state index is 0.227. The van der Waals surface area contributed by atoms with Crippen LogP contribution < -0.4 is 5.73 Å². The SMILES string of the molecule is Nc1nc(Br)n(-c2nc(C3CC3)ns2)n1. The van der Waals surface area contributed by atoms with E-state index in [1.165, 1.54) is 24.4 Å². The number of anilines is 1. The van der Waals surface area contributed by atoms with Crippen molar-refractivity contribution in [3.05, 3.63) is 10.6 Å². The molecule has 3 rings (SSSR count).